The zero-order chi connectivity index (χ0) is 19.3. The summed E-state index contributed by atoms with van der Waals surface area (Å²) in [6, 6.07) is 16.8. The number of ether oxygens (including phenoxy) is 1. The molecule has 2 aliphatic heterocycles. The van der Waals surface area contributed by atoms with Gasteiger partial charge in [0.05, 0.1) is 13.2 Å². The number of aliphatic hydroxyl groups is 1. The van der Waals surface area contributed by atoms with Gasteiger partial charge in [0.15, 0.2) is 0 Å². The Bertz CT molecular complexity index is 724. The summed E-state index contributed by atoms with van der Waals surface area (Å²) in [5, 5.41) is 9.89. The van der Waals surface area contributed by atoms with Crippen LogP contribution in [0.2, 0.25) is 0 Å². The van der Waals surface area contributed by atoms with E-state index in [9.17, 15) is 5.11 Å². The molecule has 27 heavy (non-hydrogen) atoms. The zero-order valence-corrected chi connectivity index (χ0v) is 16.5. The van der Waals surface area contributed by atoms with Gasteiger partial charge in [-0.2, -0.15) is 0 Å². The second-order valence-corrected chi connectivity index (χ2v) is 7.84. The van der Waals surface area contributed by atoms with Gasteiger partial charge in [-0.05, 0) is 62.5 Å². The summed E-state index contributed by atoms with van der Waals surface area (Å²) >= 11 is 0. The topological polar surface area (TPSA) is 32.7 Å². The van der Waals surface area contributed by atoms with E-state index >= 15 is 0 Å². The van der Waals surface area contributed by atoms with E-state index in [1.165, 1.54) is 37.1 Å². The van der Waals surface area contributed by atoms with E-state index in [2.05, 4.69) is 49.7 Å². The first-order chi connectivity index (χ1) is 13.0. The molecule has 0 saturated carbocycles. The van der Waals surface area contributed by atoms with Gasteiger partial charge in [0.1, 0.15) is 5.60 Å². The van der Waals surface area contributed by atoms with Gasteiger partial charge in [0.2, 0.25) is 0 Å². The van der Waals surface area contributed by atoms with Crippen molar-refractivity contribution in [3.05, 3.63) is 77.4 Å². The molecule has 0 amide bonds. The second-order valence-electron chi connectivity index (χ2n) is 7.84. The van der Waals surface area contributed by atoms with Crippen molar-refractivity contribution < 1.29 is 9.84 Å². The molecule has 0 unspecified atom stereocenters. The van der Waals surface area contributed by atoms with Crippen molar-refractivity contribution in [2.45, 2.75) is 31.3 Å². The maximum absolute atomic E-state index is 9.89. The molecule has 0 bridgehead atoms. The number of aryl methyl sites for hydroxylation is 1. The van der Waals surface area contributed by atoms with Crippen LogP contribution in [-0.2, 0) is 10.3 Å². The standard InChI is InChI=1S/C13H19N.C11H12O2/c1-11-3-5-12(6-4-11)13-7-9-14(2)10-8-13;1-2-9-3-5-10(6-4-9)11(12)7-13-8-11/h3-6,13H,7-10H2,1-2H3;2-6,12H,1,7-8H2. The summed E-state index contributed by atoms with van der Waals surface area (Å²) in [6.07, 6.45) is 4.42. The first-order valence-electron chi connectivity index (χ1n) is 9.78. The molecular weight excluding hydrogens is 334 g/mol. The quantitative estimate of drug-likeness (QED) is 0.878. The molecule has 2 heterocycles. The maximum atomic E-state index is 9.89. The van der Waals surface area contributed by atoms with Gasteiger partial charge in [-0.25, -0.2) is 0 Å². The van der Waals surface area contributed by atoms with Gasteiger partial charge in [0, 0.05) is 0 Å². The van der Waals surface area contributed by atoms with Crippen molar-refractivity contribution in [3.8, 4) is 0 Å². The van der Waals surface area contributed by atoms with Gasteiger partial charge in [-0.3, -0.25) is 0 Å². The fourth-order valence-electron chi connectivity index (χ4n) is 3.57. The zero-order valence-electron chi connectivity index (χ0n) is 16.5. The average molecular weight is 366 g/mol. The number of hydrogen-bond donors (Lipinski definition) is 1. The fourth-order valence-corrected chi connectivity index (χ4v) is 3.57. The molecule has 2 aliphatic rings. The van der Waals surface area contributed by atoms with Gasteiger partial charge < -0.3 is 14.7 Å². The third kappa shape index (κ3) is 5.07. The smallest absolute Gasteiger partial charge is 0.136 e. The van der Waals surface area contributed by atoms with Gasteiger partial charge in [0.25, 0.3) is 0 Å². The summed E-state index contributed by atoms with van der Waals surface area (Å²) in [5.74, 6) is 0.798. The molecule has 2 aromatic carbocycles. The maximum Gasteiger partial charge on any atom is 0.136 e. The molecule has 3 nitrogen and oxygen atoms in total. The molecule has 2 aromatic rings. The molecule has 0 atom stereocenters. The lowest BCUT2D eigenvalue weighted by molar-refractivity contribution is -0.184. The van der Waals surface area contributed by atoms with Crippen LogP contribution >= 0.6 is 0 Å². The van der Waals surface area contributed by atoms with Crippen molar-refractivity contribution in [2.75, 3.05) is 33.4 Å². The SMILES string of the molecule is C=Cc1ccc(C2(O)COC2)cc1.Cc1ccc(C2CCN(C)CC2)cc1. The van der Waals surface area contributed by atoms with E-state index in [0.717, 1.165) is 17.0 Å². The summed E-state index contributed by atoms with van der Waals surface area (Å²) in [4.78, 5) is 2.42. The van der Waals surface area contributed by atoms with Crippen molar-refractivity contribution in [3.63, 3.8) is 0 Å². The van der Waals surface area contributed by atoms with E-state index in [0.29, 0.717) is 13.2 Å². The molecule has 0 aromatic heterocycles. The van der Waals surface area contributed by atoms with Crippen LogP contribution in [0.3, 0.4) is 0 Å². The Hall–Kier alpha value is -1.94. The summed E-state index contributed by atoms with van der Waals surface area (Å²) in [6.45, 7) is 9.12. The molecule has 0 radical (unpaired) electrons. The minimum Gasteiger partial charge on any atom is -0.380 e. The van der Waals surface area contributed by atoms with Crippen LogP contribution in [-0.4, -0.2) is 43.4 Å². The van der Waals surface area contributed by atoms with Crippen LogP contribution in [0.5, 0.6) is 0 Å². The lowest BCUT2D eigenvalue weighted by Gasteiger charge is -2.36. The Balaban J connectivity index is 0.000000156. The molecule has 2 saturated heterocycles. The fraction of sp³-hybridized carbons (Fsp3) is 0.417. The summed E-state index contributed by atoms with van der Waals surface area (Å²) < 4.78 is 4.98. The number of nitrogens with zero attached hydrogens (tertiary/aromatic N) is 1. The molecule has 1 N–H and O–H groups in total. The lowest BCUT2D eigenvalue weighted by Crippen LogP contribution is -2.46. The number of benzene rings is 2. The van der Waals surface area contributed by atoms with Crippen LogP contribution in [0.4, 0.5) is 0 Å². The Morgan fingerprint density at radius 2 is 1.63 bits per heavy atom. The molecule has 3 heteroatoms. The normalized spacial score (nSPS) is 19.5. The third-order valence-electron chi connectivity index (χ3n) is 5.63. The highest BCUT2D eigenvalue weighted by molar-refractivity contribution is 5.48. The molecular formula is C24H31NO2. The highest BCUT2D eigenvalue weighted by Gasteiger charge is 2.37. The van der Waals surface area contributed by atoms with Gasteiger partial charge in [-0.1, -0.05) is 66.7 Å². The monoisotopic (exact) mass is 365 g/mol. The second kappa shape index (κ2) is 8.83. The predicted molar refractivity (Wildman–Crippen MR) is 112 cm³/mol. The highest BCUT2D eigenvalue weighted by Crippen LogP contribution is 2.29. The number of piperidine rings is 1. The Morgan fingerprint density at radius 3 is 2.11 bits per heavy atom. The molecule has 0 aliphatic carbocycles. The minimum absolute atomic E-state index is 0.403. The van der Waals surface area contributed by atoms with Gasteiger partial charge >= 0.3 is 0 Å². The highest BCUT2D eigenvalue weighted by atomic mass is 16.5. The Labute approximate surface area is 163 Å². The van der Waals surface area contributed by atoms with Crippen molar-refractivity contribution in [1.29, 1.82) is 0 Å². The van der Waals surface area contributed by atoms with E-state index in [-0.39, 0.29) is 0 Å². The van der Waals surface area contributed by atoms with Crippen LogP contribution in [0.1, 0.15) is 41.0 Å². The molecule has 2 fully saturated rings. The lowest BCUT2D eigenvalue weighted by atomic mass is 9.89. The summed E-state index contributed by atoms with van der Waals surface area (Å²) in [7, 11) is 2.21. The third-order valence-corrected chi connectivity index (χ3v) is 5.63. The number of hydrogen-bond acceptors (Lipinski definition) is 3. The first-order valence-corrected chi connectivity index (χ1v) is 9.78. The van der Waals surface area contributed by atoms with Crippen LogP contribution in [0.15, 0.2) is 55.1 Å². The molecule has 144 valence electrons. The van der Waals surface area contributed by atoms with Crippen LogP contribution in [0.25, 0.3) is 6.08 Å². The Kier molecular flexibility index (Phi) is 6.48. The van der Waals surface area contributed by atoms with Crippen molar-refractivity contribution in [1.82, 2.24) is 4.90 Å². The first kappa shape index (κ1) is 19.8. The van der Waals surface area contributed by atoms with E-state index in [1.54, 1.807) is 6.08 Å². The van der Waals surface area contributed by atoms with Crippen LogP contribution < -0.4 is 0 Å². The van der Waals surface area contributed by atoms with Crippen molar-refractivity contribution >= 4 is 6.08 Å². The number of rotatable bonds is 3. The largest absolute Gasteiger partial charge is 0.380 e. The van der Waals surface area contributed by atoms with E-state index in [4.69, 9.17) is 4.74 Å². The Morgan fingerprint density at radius 1 is 1.04 bits per heavy atom. The minimum atomic E-state index is -0.750. The average Bonchev–Trinajstić information content (AvgIpc) is 2.68. The van der Waals surface area contributed by atoms with Crippen LogP contribution in [0, 0.1) is 6.92 Å². The molecule has 0 spiro atoms. The summed E-state index contributed by atoms with van der Waals surface area (Å²) in [5.41, 5.74) is 4.13. The number of likely N-dealkylation sites (tertiary alicyclic amines) is 1. The van der Waals surface area contributed by atoms with E-state index < -0.39 is 5.60 Å². The van der Waals surface area contributed by atoms with E-state index in [1.807, 2.05) is 24.3 Å². The van der Waals surface area contributed by atoms with Crippen molar-refractivity contribution in [2.24, 2.45) is 0 Å². The predicted octanol–water partition coefficient (Wildman–Crippen LogP) is 4.35. The van der Waals surface area contributed by atoms with Gasteiger partial charge in [-0.15, -0.1) is 0 Å². The molecule has 4 rings (SSSR count).